The monoisotopic (exact) mass is 273 g/mol. The Bertz CT molecular complexity index is 549. The van der Waals surface area contributed by atoms with Crippen LogP contribution in [0.25, 0.3) is 0 Å². The predicted molar refractivity (Wildman–Crippen MR) is 60.6 cm³/mol. The van der Waals surface area contributed by atoms with Crippen molar-refractivity contribution in [2.75, 3.05) is 0 Å². The van der Waals surface area contributed by atoms with Crippen molar-refractivity contribution in [1.29, 1.82) is 0 Å². The number of rotatable bonds is 3. The highest BCUT2D eigenvalue weighted by Gasteiger charge is 2.34. The number of imidazole rings is 1. The SMILES string of the molecule is NC(Cc1ncc[nH]1)c1ccc(F)c(C(F)(F)F)c1. The zero-order chi connectivity index (χ0) is 14.0. The van der Waals surface area contributed by atoms with Crippen LogP contribution in [0, 0.1) is 5.82 Å². The van der Waals surface area contributed by atoms with Crippen LogP contribution in [-0.2, 0) is 12.6 Å². The van der Waals surface area contributed by atoms with Gasteiger partial charge in [0.15, 0.2) is 0 Å². The fourth-order valence-corrected chi connectivity index (χ4v) is 1.73. The van der Waals surface area contributed by atoms with Gasteiger partial charge in [-0.15, -0.1) is 0 Å². The van der Waals surface area contributed by atoms with Crippen molar-refractivity contribution in [3.8, 4) is 0 Å². The molecule has 2 rings (SSSR count). The molecular weight excluding hydrogens is 262 g/mol. The van der Waals surface area contributed by atoms with Gasteiger partial charge in [0.25, 0.3) is 0 Å². The Morgan fingerprint density at radius 1 is 1.32 bits per heavy atom. The van der Waals surface area contributed by atoms with Crippen LogP contribution in [0.4, 0.5) is 17.6 Å². The summed E-state index contributed by atoms with van der Waals surface area (Å²) in [5.74, 6) is -0.744. The lowest BCUT2D eigenvalue weighted by Crippen LogP contribution is -2.16. The lowest BCUT2D eigenvalue weighted by atomic mass is 10.0. The molecule has 0 bridgehead atoms. The second-order valence-corrected chi connectivity index (χ2v) is 4.08. The topological polar surface area (TPSA) is 54.7 Å². The molecule has 1 unspecified atom stereocenters. The number of alkyl halides is 3. The third-order valence-electron chi connectivity index (χ3n) is 2.69. The van der Waals surface area contributed by atoms with E-state index in [9.17, 15) is 17.6 Å². The summed E-state index contributed by atoms with van der Waals surface area (Å²) in [6.07, 6.45) is -1.37. The minimum Gasteiger partial charge on any atom is -0.349 e. The van der Waals surface area contributed by atoms with Crippen LogP contribution >= 0.6 is 0 Å². The first-order chi connectivity index (χ1) is 8.88. The highest BCUT2D eigenvalue weighted by atomic mass is 19.4. The van der Waals surface area contributed by atoms with Gasteiger partial charge in [0, 0.05) is 24.9 Å². The van der Waals surface area contributed by atoms with Crippen molar-refractivity contribution in [3.05, 3.63) is 53.4 Å². The van der Waals surface area contributed by atoms with E-state index in [4.69, 9.17) is 5.73 Å². The van der Waals surface area contributed by atoms with Crippen molar-refractivity contribution in [3.63, 3.8) is 0 Å². The Kier molecular flexibility index (Phi) is 3.57. The molecule has 0 aliphatic rings. The average Bonchev–Trinajstić information content (AvgIpc) is 2.80. The van der Waals surface area contributed by atoms with E-state index in [0.29, 0.717) is 5.82 Å². The Labute approximate surface area is 106 Å². The first-order valence-corrected chi connectivity index (χ1v) is 5.48. The summed E-state index contributed by atoms with van der Waals surface area (Å²) in [6.45, 7) is 0. The number of hydrogen-bond donors (Lipinski definition) is 2. The van der Waals surface area contributed by atoms with E-state index in [2.05, 4.69) is 9.97 Å². The Balaban J connectivity index is 2.25. The highest BCUT2D eigenvalue weighted by Crippen LogP contribution is 2.33. The molecule has 0 saturated carbocycles. The van der Waals surface area contributed by atoms with Crippen molar-refractivity contribution < 1.29 is 17.6 Å². The van der Waals surface area contributed by atoms with Crippen LogP contribution in [0.3, 0.4) is 0 Å². The third kappa shape index (κ3) is 3.11. The molecule has 7 heteroatoms. The molecule has 0 radical (unpaired) electrons. The van der Waals surface area contributed by atoms with Gasteiger partial charge in [-0.1, -0.05) is 6.07 Å². The minimum absolute atomic E-state index is 0.213. The normalized spacial score (nSPS) is 13.5. The quantitative estimate of drug-likeness (QED) is 0.845. The Morgan fingerprint density at radius 3 is 2.63 bits per heavy atom. The van der Waals surface area contributed by atoms with Gasteiger partial charge < -0.3 is 10.7 Å². The summed E-state index contributed by atoms with van der Waals surface area (Å²) in [6, 6.07) is 2.08. The van der Waals surface area contributed by atoms with Gasteiger partial charge in [-0.2, -0.15) is 13.2 Å². The lowest BCUT2D eigenvalue weighted by molar-refractivity contribution is -0.140. The van der Waals surface area contributed by atoms with Crippen molar-refractivity contribution >= 4 is 0 Å². The third-order valence-corrected chi connectivity index (χ3v) is 2.69. The molecule has 0 aliphatic carbocycles. The van der Waals surface area contributed by atoms with E-state index >= 15 is 0 Å². The van der Waals surface area contributed by atoms with Crippen molar-refractivity contribution in [2.45, 2.75) is 18.6 Å². The maximum atomic E-state index is 13.1. The van der Waals surface area contributed by atoms with Gasteiger partial charge in [0.2, 0.25) is 0 Å². The van der Waals surface area contributed by atoms with Gasteiger partial charge in [-0.25, -0.2) is 9.37 Å². The second kappa shape index (κ2) is 5.00. The number of benzene rings is 1. The molecule has 0 aliphatic heterocycles. The van der Waals surface area contributed by atoms with Crippen molar-refractivity contribution in [1.82, 2.24) is 9.97 Å². The van der Waals surface area contributed by atoms with Gasteiger partial charge in [0.05, 0.1) is 5.56 Å². The van der Waals surface area contributed by atoms with Gasteiger partial charge in [-0.05, 0) is 17.7 Å². The summed E-state index contributed by atoms with van der Waals surface area (Å²) in [7, 11) is 0. The van der Waals surface area contributed by atoms with Gasteiger partial charge >= 0.3 is 6.18 Å². The maximum Gasteiger partial charge on any atom is 0.419 e. The zero-order valence-electron chi connectivity index (χ0n) is 9.71. The van der Waals surface area contributed by atoms with Crippen LogP contribution in [0.5, 0.6) is 0 Å². The fraction of sp³-hybridized carbons (Fsp3) is 0.250. The molecule has 0 saturated heterocycles. The minimum atomic E-state index is -4.73. The molecule has 1 aromatic heterocycles. The predicted octanol–water partition coefficient (Wildman–Crippen LogP) is 2.81. The molecule has 2 aromatic rings. The first-order valence-electron chi connectivity index (χ1n) is 5.48. The van der Waals surface area contributed by atoms with Crippen LogP contribution in [0.15, 0.2) is 30.6 Å². The number of nitrogens with two attached hydrogens (primary N) is 1. The standard InChI is InChI=1S/C12H11F4N3/c13-9-2-1-7(5-8(9)12(14,15)16)10(17)6-11-18-3-4-19-11/h1-5,10H,6,17H2,(H,18,19). The van der Waals surface area contributed by atoms with Gasteiger partial charge in [0.1, 0.15) is 11.6 Å². The van der Waals surface area contributed by atoms with Crippen LogP contribution in [0.1, 0.15) is 23.0 Å². The number of H-pyrrole nitrogens is 1. The number of aromatic amines is 1. The number of aromatic nitrogens is 2. The smallest absolute Gasteiger partial charge is 0.349 e. The molecule has 0 fully saturated rings. The highest BCUT2D eigenvalue weighted by molar-refractivity contribution is 5.29. The van der Waals surface area contributed by atoms with E-state index in [-0.39, 0.29) is 12.0 Å². The summed E-state index contributed by atoms with van der Waals surface area (Å²) in [5.41, 5.74) is 4.71. The molecule has 1 atom stereocenters. The molecule has 1 heterocycles. The lowest BCUT2D eigenvalue weighted by Gasteiger charge is -2.14. The van der Waals surface area contributed by atoms with E-state index in [1.54, 1.807) is 6.20 Å². The van der Waals surface area contributed by atoms with Crippen LogP contribution in [0.2, 0.25) is 0 Å². The number of halogens is 4. The van der Waals surface area contributed by atoms with E-state index in [1.807, 2.05) is 0 Å². The Hall–Kier alpha value is -1.89. The van der Waals surface area contributed by atoms with E-state index < -0.39 is 23.6 Å². The average molecular weight is 273 g/mol. The largest absolute Gasteiger partial charge is 0.419 e. The Morgan fingerprint density at radius 2 is 2.05 bits per heavy atom. The molecule has 0 spiro atoms. The summed E-state index contributed by atoms with van der Waals surface area (Å²) >= 11 is 0. The molecule has 102 valence electrons. The van der Waals surface area contributed by atoms with E-state index in [1.165, 1.54) is 12.3 Å². The number of nitrogens with zero attached hydrogens (tertiary/aromatic N) is 1. The second-order valence-electron chi connectivity index (χ2n) is 4.08. The van der Waals surface area contributed by atoms with Crippen LogP contribution in [-0.4, -0.2) is 9.97 Å². The number of hydrogen-bond acceptors (Lipinski definition) is 2. The van der Waals surface area contributed by atoms with Gasteiger partial charge in [-0.3, -0.25) is 0 Å². The first kappa shape index (κ1) is 13.5. The van der Waals surface area contributed by atoms with Crippen molar-refractivity contribution in [2.24, 2.45) is 5.73 Å². The van der Waals surface area contributed by atoms with E-state index in [0.717, 1.165) is 12.1 Å². The summed E-state index contributed by atoms with van der Waals surface area (Å²) in [4.78, 5) is 6.75. The molecule has 19 heavy (non-hydrogen) atoms. The maximum absolute atomic E-state index is 13.1. The summed E-state index contributed by atoms with van der Waals surface area (Å²) < 4.78 is 50.8. The molecule has 3 nitrogen and oxygen atoms in total. The molecule has 3 N–H and O–H groups in total. The molecule has 1 aromatic carbocycles. The number of nitrogens with one attached hydrogen (secondary N) is 1. The zero-order valence-corrected chi connectivity index (χ0v) is 9.71. The molecular formula is C12H11F4N3. The fourth-order valence-electron chi connectivity index (χ4n) is 1.73. The summed E-state index contributed by atoms with van der Waals surface area (Å²) in [5, 5.41) is 0. The van der Waals surface area contributed by atoms with Crippen LogP contribution < -0.4 is 5.73 Å². The molecule has 0 amide bonds.